The molecule has 0 aliphatic rings. The average Bonchev–Trinajstić information content (AvgIpc) is 2.98. The SMILES string of the molecule is O=S(=O)([O-])c1ccccc1.O=c1c2ccccc2oc2ccc([I+]c3ccc4oc5ccccc5c(=O)c4c3)cc12. The summed E-state index contributed by atoms with van der Waals surface area (Å²) in [5.74, 6) is 0. The Labute approximate surface area is 243 Å². The summed E-state index contributed by atoms with van der Waals surface area (Å²) in [6.07, 6.45) is 0. The predicted molar refractivity (Wildman–Crippen MR) is 152 cm³/mol. The first-order chi connectivity index (χ1) is 19.8. The Morgan fingerprint density at radius 2 is 0.927 bits per heavy atom. The molecule has 2 heterocycles. The van der Waals surface area contributed by atoms with Crippen LogP contribution in [0.3, 0.4) is 0 Å². The highest BCUT2D eigenvalue weighted by Gasteiger charge is 2.20. The lowest BCUT2D eigenvalue weighted by atomic mass is 10.1. The standard InChI is InChI=1S/C26H14IO4.C6H6O3S/c28-25-17-5-1-3-7-21(17)30-23-11-9-15(13-19(23)25)27-16-10-12-24-20(14-16)26(29)18-6-2-4-8-22(18)31-24;7-10(8,9)6-4-2-1-3-5-6/h1-14H;1-5H,(H,7,8,9)/q+1;/p-1. The summed E-state index contributed by atoms with van der Waals surface area (Å²) in [6, 6.07) is 33.3. The van der Waals surface area contributed by atoms with Crippen molar-refractivity contribution >= 4 is 54.0 Å². The summed E-state index contributed by atoms with van der Waals surface area (Å²) in [5.41, 5.74) is 2.32. The third-order valence-electron chi connectivity index (χ3n) is 6.33. The molecule has 202 valence electrons. The van der Waals surface area contributed by atoms with Crippen molar-refractivity contribution in [1.29, 1.82) is 0 Å². The summed E-state index contributed by atoms with van der Waals surface area (Å²) < 4.78 is 44.8. The summed E-state index contributed by atoms with van der Waals surface area (Å²) in [4.78, 5) is 25.7. The fraction of sp³-hybridized carbons (Fsp3) is 0. The molecule has 9 heteroatoms. The van der Waals surface area contributed by atoms with Crippen LogP contribution < -0.4 is 32.1 Å². The number of halogens is 1. The van der Waals surface area contributed by atoms with Crippen LogP contribution in [-0.4, -0.2) is 13.0 Å². The smallest absolute Gasteiger partial charge is 0.357 e. The highest BCUT2D eigenvalue weighted by atomic mass is 127. The van der Waals surface area contributed by atoms with E-state index < -0.39 is 31.3 Å². The van der Waals surface area contributed by atoms with Crippen LogP contribution in [0.4, 0.5) is 0 Å². The van der Waals surface area contributed by atoms with Gasteiger partial charge < -0.3 is 13.4 Å². The van der Waals surface area contributed by atoms with Crippen LogP contribution in [-0.2, 0) is 10.1 Å². The van der Waals surface area contributed by atoms with Gasteiger partial charge in [-0.25, -0.2) is 8.42 Å². The van der Waals surface area contributed by atoms with Crippen molar-refractivity contribution in [3.05, 3.63) is 143 Å². The minimum atomic E-state index is -4.25. The molecule has 7 rings (SSSR count). The monoisotopic (exact) mass is 674 g/mol. The Bertz CT molecular complexity index is 2180. The molecule has 5 aromatic carbocycles. The van der Waals surface area contributed by atoms with Crippen LogP contribution in [0.2, 0.25) is 0 Å². The Morgan fingerprint density at radius 1 is 0.512 bits per heavy atom. The topological polar surface area (TPSA) is 118 Å². The maximum Gasteiger partial charge on any atom is 0.357 e. The van der Waals surface area contributed by atoms with Gasteiger partial charge in [-0.2, -0.15) is 0 Å². The van der Waals surface area contributed by atoms with E-state index in [0.29, 0.717) is 43.9 Å². The fourth-order valence-electron chi connectivity index (χ4n) is 4.38. The lowest BCUT2D eigenvalue weighted by Crippen LogP contribution is -3.61. The van der Waals surface area contributed by atoms with Crippen molar-refractivity contribution < 1.29 is 43.0 Å². The zero-order chi connectivity index (χ0) is 28.6. The number of rotatable bonds is 3. The molecule has 2 aromatic heterocycles. The highest BCUT2D eigenvalue weighted by Crippen LogP contribution is 2.19. The van der Waals surface area contributed by atoms with Crippen molar-refractivity contribution in [3.8, 4) is 0 Å². The van der Waals surface area contributed by atoms with Crippen LogP contribution in [0, 0.1) is 7.14 Å². The van der Waals surface area contributed by atoms with E-state index in [1.165, 1.54) is 24.3 Å². The van der Waals surface area contributed by atoms with Gasteiger partial charge in [-0.1, -0.05) is 42.5 Å². The minimum absolute atomic E-state index is 0.0201. The van der Waals surface area contributed by atoms with Gasteiger partial charge in [-0.3, -0.25) is 9.59 Å². The second-order valence-electron chi connectivity index (χ2n) is 9.00. The molecule has 0 aliphatic heterocycles. The van der Waals surface area contributed by atoms with Gasteiger partial charge in [0.2, 0.25) is 10.9 Å². The Kier molecular flexibility index (Phi) is 7.16. The van der Waals surface area contributed by atoms with Crippen molar-refractivity contribution in [3.63, 3.8) is 0 Å². The maximum atomic E-state index is 12.9. The molecule has 0 fully saturated rings. The number of hydrogen-bond acceptors (Lipinski definition) is 7. The molecule has 0 spiro atoms. The van der Waals surface area contributed by atoms with Crippen LogP contribution >= 0.6 is 0 Å². The second-order valence-corrected chi connectivity index (χ2v) is 13.4. The van der Waals surface area contributed by atoms with E-state index in [1.54, 1.807) is 30.3 Å². The second kappa shape index (κ2) is 10.9. The van der Waals surface area contributed by atoms with Crippen molar-refractivity contribution in [1.82, 2.24) is 0 Å². The zero-order valence-electron chi connectivity index (χ0n) is 21.1. The third-order valence-corrected chi connectivity index (χ3v) is 9.76. The normalized spacial score (nSPS) is 11.5. The molecule has 0 N–H and O–H groups in total. The van der Waals surface area contributed by atoms with Crippen molar-refractivity contribution in [2.75, 3.05) is 0 Å². The number of hydrogen-bond donors (Lipinski definition) is 0. The molecular weight excluding hydrogens is 655 g/mol. The molecule has 0 saturated carbocycles. The van der Waals surface area contributed by atoms with E-state index in [2.05, 4.69) is 0 Å². The molecule has 7 aromatic rings. The molecular formula is C32H19IO7S. The maximum absolute atomic E-state index is 12.9. The predicted octanol–water partition coefficient (Wildman–Crippen LogP) is 2.92. The Hall–Kier alpha value is -4.32. The number of para-hydroxylation sites is 2. The third kappa shape index (κ3) is 5.51. The van der Waals surface area contributed by atoms with Gasteiger partial charge >= 0.3 is 21.2 Å². The number of benzene rings is 5. The molecule has 0 atom stereocenters. The Balaban J connectivity index is 0.000000258. The molecule has 0 radical (unpaired) electrons. The molecule has 0 unspecified atom stereocenters. The highest BCUT2D eigenvalue weighted by molar-refractivity contribution is 7.85. The first kappa shape index (κ1) is 26.9. The lowest BCUT2D eigenvalue weighted by molar-refractivity contribution is -0.597. The summed E-state index contributed by atoms with van der Waals surface area (Å²) in [6.45, 7) is 0. The van der Waals surface area contributed by atoms with Crippen molar-refractivity contribution in [2.45, 2.75) is 4.90 Å². The summed E-state index contributed by atoms with van der Waals surface area (Å²) in [5, 5.41) is 2.34. The van der Waals surface area contributed by atoms with Gasteiger partial charge in [0.15, 0.2) is 7.14 Å². The quantitative estimate of drug-likeness (QED) is 0.161. The largest absolute Gasteiger partial charge is 0.744 e. The lowest BCUT2D eigenvalue weighted by Gasteiger charge is -2.04. The summed E-state index contributed by atoms with van der Waals surface area (Å²) >= 11 is -0.596. The van der Waals surface area contributed by atoms with E-state index in [-0.39, 0.29) is 15.8 Å². The van der Waals surface area contributed by atoms with E-state index >= 15 is 0 Å². The molecule has 0 aliphatic carbocycles. The van der Waals surface area contributed by atoms with Crippen LogP contribution in [0.1, 0.15) is 0 Å². The molecule has 0 bridgehead atoms. The molecule has 0 saturated heterocycles. The fourth-order valence-corrected chi connectivity index (χ4v) is 7.24. The van der Waals surface area contributed by atoms with Crippen LogP contribution in [0.5, 0.6) is 0 Å². The molecule has 0 amide bonds. The van der Waals surface area contributed by atoms with Gasteiger partial charge in [0.05, 0.1) is 26.4 Å². The minimum Gasteiger partial charge on any atom is -0.744 e. The van der Waals surface area contributed by atoms with Gasteiger partial charge in [0.25, 0.3) is 0 Å². The van der Waals surface area contributed by atoms with E-state index in [1.807, 2.05) is 60.7 Å². The summed E-state index contributed by atoms with van der Waals surface area (Å²) in [7, 11) is -4.25. The zero-order valence-corrected chi connectivity index (χ0v) is 24.1. The van der Waals surface area contributed by atoms with E-state index in [4.69, 9.17) is 8.83 Å². The van der Waals surface area contributed by atoms with E-state index in [0.717, 1.165) is 7.14 Å². The Morgan fingerprint density at radius 3 is 1.37 bits per heavy atom. The van der Waals surface area contributed by atoms with Gasteiger partial charge in [0.1, 0.15) is 32.5 Å². The van der Waals surface area contributed by atoms with Gasteiger partial charge in [-0.05, 0) is 60.7 Å². The van der Waals surface area contributed by atoms with Crippen LogP contribution in [0.15, 0.2) is 139 Å². The van der Waals surface area contributed by atoms with E-state index in [9.17, 15) is 22.6 Å². The molecule has 7 nitrogen and oxygen atoms in total. The van der Waals surface area contributed by atoms with Gasteiger partial charge in [0, 0.05) is 12.1 Å². The first-order valence-corrected chi connectivity index (χ1v) is 15.9. The van der Waals surface area contributed by atoms with Crippen molar-refractivity contribution in [2.24, 2.45) is 0 Å². The van der Waals surface area contributed by atoms with Gasteiger partial charge in [-0.15, -0.1) is 0 Å². The number of fused-ring (bicyclic) bond motifs is 4. The van der Waals surface area contributed by atoms with Crippen LogP contribution in [0.25, 0.3) is 43.9 Å². The first-order valence-electron chi connectivity index (χ1n) is 12.3. The average molecular weight is 674 g/mol. The molecule has 41 heavy (non-hydrogen) atoms.